The van der Waals surface area contributed by atoms with E-state index in [-0.39, 0.29) is 5.91 Å². The molecule has 0 unspecified atom stereocenters. The summed E-state index contributed by atoms with van der Waals surface area (Å²) in [5.74, 6) is 2.86. The van der Waals surface area contributed by atoms with Crippen LogP contribution in [0.5, 0.6) is 5.75 Å². The van der Waals surface area contributed by atoms with Gasteiger partial charge in [-0.05, 0) is 24.1 Å². The second-order valence-corrected chi connectivity index (χ2v) is 7.52. The molecule has 3 rings (SSSR count). The Morgan fingerprint density at radius 3 is 2.52 bits per heavy atom. The number of carbonyl (C=O) groups is 1. The third-order valence-electron chi connectivity index (χ3n) is 5.49. The first-order chi connectivity index (χ1) is 15.1. The van der Waals surface area contributed by atoms with Gasteiger partial charge in [0.2, 0.25) is 5.91 Å². The molecule has 1 fully saturated rings. The molecule has 1 aliphatic heterocycles. The van der Waals surface area contributed by atoms with Crippen LogP contribution in [0.15, 0.2) is 35.6 Å². The number of nitrogens with zero attached hydrogens (tertiary/aromatic N) is 6. The average molecular weight is 428 g/mol. The summed E-state index contributed by atoms with van der Waals surface area (Å²) in [6, 6.07) is 8.10. The number of nitrogens with one attached hydrogen (secondary N) is 1. The molecule has 1 saturated heterocycles. The Morgan fingerprint density at radius 2 is 1.87 bits per heavy atom. The lowest BCUT2D eigenvalue weighted by molar-refractivity contribution is -0.130. The number of amides is 1. The third-order valence-corrected chi connectivity index (χ3v) is 5.49. The number of aryl methyl sites for hydroxylation is 1. The molecule has 1 aromatic carbocycles. The van der Waals surface area contributed by atoms with Gasteiger partial charge in [-0.25, -0.2) is 0 Å². The molecule has 0 aliphatic carbocycles. The van der Waals surface area contributed by atoms with Gasteiger partial charge in [-0.1, -0.05) is 19.1 Å². The first-order valence-electron chi connectivity index (χ1n) is 10.9. The highest BCUT2D eigenvalue weighted by Crippen LogP contribution is 2.12. The maximum atomic E-state index is 11.7. The van der Waals surface area contributed by atoms with Crippen molar-refractivity contribution in [2.75, 3.05) is 46.4 Å². The number of rotatable bonds is 8. The SMILES string of the molecule is CCc1nncn1CCNC(=NCCc1ccc(OC)cc1)N1CCN(C(C)=O)CC1. The van der Waals surface area contributed by atoms with Crippen LogP contribution < -0.4 is 10.1 Å². The first-order valence-corrected chi connectivity index (χ1v) is 10.9. The van der Waals surface area contributed by atoms with Crippen molar-refractivity contribution in [1.82, 2.24) is 29.9 Å². The topological polar surface area (TPSA) is 87.9 Å². The lowest BCUT2D eigenvalue weighted by Gasteiger charge is -2.36. The summed E-state index contributed by atoms with van der Waals surface area (Å²) in [7, 11) is 1.67. The predicted octanol–water partition coefficient (Wildman–Crippen LogP) is 1.20. The van der Waals surface area contributed by atoms with Gasteiger partial charge in [0, 0.05) is 59.2 Å². The van der Waals surface area contributed by atoms with Crippen LogP contribution in [0, 0.1) is 0 Å². The zero-order valence-electron chi connectivity index (χ0n) is 18.8. The van der Waals surface area contributed by atoms with Crippen LogP contribution in [-0.2, 0) is 24.2 Å². The van der Waals surface area contributed by atoms with Crippen LogP contribution in [-0.4, -0.2) is 82.8 Å². The number of aliphatic imine (C=N–C) groups is 1. The standard InChI is InChI=1S/C22H33N7O2/c1-4-21-26-25-17-29(21)12-11-24-22(28-15-13-27(14-16-28)18(2)30)23-10-9-19-5-7-20(31-3)8-6-19/h5-8,17H,4,9-16H2,1-3H3,(H,23,24). The average Bonchev–Trinajstić information content (AvgIpc) is 3.26. The summed E-state index contributed by atoms with van der Waals surface area (Å²) < 4.78 is 7.29. The Balaban J connectivity index is 1.60. The molecule has 9 heteroatoms. The number of hydrogen-bond acceptors (Lipinski definition) is 5. The van der Waals surface area contributed by atoms with E-state index >= 15 is 0 Å². The summed E-state index contributed by atoms with van der Waals surface area (Å²) >= 11 is 0. The maximum Gasteiger partial charge on any atom is 0.219 e. The normalized spacial score (nSPS) is 14.6. The second-order valence-electron chi connectivity index (χ2n) is 7.52. The number of hydrogen-bond donors (Lipinski definition) is 1. The Hall–Kier alpha value is -3.10. The van der Waals surface area contributed by atoms with Gasteiger partial charge in [0.15, 0.2) is 5.96 Å². The molecule has 168 valence electrons. The Bertz CT molecular complexity index is 855. The van der Waals surface area contributed by atoms with Gasteiger partial charge < -0.3 is 24.4 Å². The fourth-order valence-electron chi connectivity index (χ4n) is 3.61. The quantitative estimate of drug-likeness (QED) is 0.503. The fraction of sp³-hybridized carbons (Fsp3) is 0.545. The van der Waals surface area contributed by atoms with Crippen molar-refractivity contribution in [3.05, 3.63) is 42.0 Å². The smallest absolute Gasteiger partial charge is 0.219 e. The molecular weight excluding hydrogens is 394 g/mol. The van der Waals surface area contributed by atoms with Crippen LogP contribution >= 0.6 is 0 Å². The number of piperazine rings is 1. The zero-order valence-corrected chi connectivity index (χ0v) is 18.8. The Labute approximate surface area is 184 Å². The molecule has 1 aliphatic rings. The maximum absolute atomic E-state index is 11.7. The third kappa shape index (κ3) is 6.44. The minimum Gasteiger partial charge on any atom is -0.497 e. The number of guanidine groups is 1. The van der Waals surface area contributed by atoms with E-state index in [0.717, 1.165) is 69.6 Å². The van der Waals surface area contributed by atoms with Crippen molar-refractivity contribution in [2.24, 2.45) is 4.99 Å². The lowest BCUT2D eigenvalue weighted by atomic mass is 10.1. The van der Waals surface area contributed by atoms with Crippen LogP contribution in [0.4, 0.5) is 0 Å². The largest absolute Gasteiger partial charge is 0.497 e. The molecule has 1 amide bonds. The minimum absolute atomic E-state index is 0.130. The van der Waals surface area contributed by atoms with Crippen LogP contribution in [0.25, 0.3) is 0 Å². The van der Waals surface area contributed by atoms with Crippen LogP contribution in [0.3, 0.4) is 0 Å². The van der Waals surface area contributed by atoms with Gasteiger partial charge in [0.25, 0.3) is 0 Å². The van der Waals surface area contributed by atoms with E-state index in [9.17, 15) is 4.79 Å². The van der Waals surface area contributed by atoms with Gasteiger partial charge in [-0.2, -0.15) is 0 Å². The van der Waals surface area contributed by atoms with E-state index < -0.39 is 0 Å². The first kappa shape index (κ1) is 22.6. The van der Waals surface area contributed by atoms with E-state index in [1.165, 1.54) is 5.56 Å². The molecular formula is C22H33N7O2. The molecule has 0 atom stereocenters. The van der Waals surface area contributed by atoms with Crippen molar-refractivity contribution >= 4 is 11.9 Å². The summed E-state index contributed by atoms with van der Waals surface area (Å²) in [5.41, 5.74) is 1.22. The number of methoxy groups -OCH3 is 1. The van der Waals surface area contributed by atoms with Gasteiger partial charge in [0.05, 0.1) is 7.11 Å². The van der Waals surface area contributed by atoms with Gasteiger partial charge >= 0.3 is 0 Å². The van der Waals surface area contributed by atoms with Crippen LogP contribution in [0.1, 0.15) is 25.2 Å². The van der Waals surface area contributed by atoms with Gasteiger partial charge in [0.1, 0.15) is 17.9 Å². The molecule has 1 aromatic heterocycles. The zero-order chi connectivity index (χ0) is 22.1. The molecule has 0 bridgehead atoms. The molecule has 31 heavy (non-hydrogen) atoms. The molecule has 0 radical (unpaired) electrons. The van der Waals surface area contributed by atoms with Crippen molar-refractivity contribution in [3.8, 4) is 5.75 Å². The summed E-state index contributed by atoms with van der Waals surface area (Å²) in [6.45, 7) is 8.91. The highest BCUT2D eigenvalue weighted by molar-refractivity contribution is 5.80. The number of benzene rings is 1. The summed E-state index contributed by atoms with van der Waals surface area (Å²) in [4.78, 5) is 20.6. The lowest BCUT2D eigenvalue weighted by Crippen LogP contribution is -2.53. The Morgan fingerprint density at radius 1 is 1.16 bits per heavy atom. The minimum atomic E-state index is 0.130. The fourth-order valence-corrected chi connectivity index (χ4v) is 3.61. The molecule has 0 spiro atoms. The molecule has 2 heterocycles. The molecule has 1 N–H and O–H groups in total. The summed E-state index contributed by atoms with van der Waals surface area (Å²) in [6.07, 6.45) is 3.48. The number of aromatic nitrogens is 3. The van der Waals surface area contributed by atoms with Gasteiger partial charge in [-0.3, -0.25) is 9.79 Å². The van der Waals surface area contributed by atoms with Crippen molar-refractivity contribution in [3.63, 3.8) is 0 Å². The highest BCUT2D eigenvalue weighted by Gasteiger charge is 2.21. The van der Waals surface area contributed by atoms with Gasteiger partial charge in [-0.15, -0.1) is 10.2 Å². The Kier molecular flexibility index (Phi) is 8.26. The van der Waals surface area contributed by atoms with E-state index in [1.54, 1.807) is 20.4 Å². The van der Waals surface area contributed by atoms with E-state index in [2.05, 4.69) is 44.0 Å². The van der Waals surface area contributed by atoms with E-state index in [0.29, 0.717) is 6.54 Å². The van der Waals surface area contributed by atoms with Crippen LogP contribution in [0.2, 0.25) is 0 Å². The van der Waals surface area contributed by atoms with Crippen molar-refractivity contribution < 1.29 is 9.53 Å². The number of carbonyl (C=O) groups excluding carboxylic acids is 1. The van der Waals surface area contributed by atoms with E-state index in [4.69, 9.17) is 9.73 Å². The molecule has 0 saturated carbocycles. The van der Waals surface area contributed by atoms with E-state index in [1.807, 2.05) is 17.0 Å². The molecule has 2 aromatic rings. The second kappa shape index (κ2) is 11.3. The number of ether oxygens (including phenoxy) is 1. The predicted molar refractivity (Wildman–Crippen MR) is 120 cm³/mol. The monoisotopic (exact) mass is 427 g/mol. The highest BCUT2D eigenvalue weighted by atomic mass is 16.5. The summed E-state index contributed by atoms with van der Waals surface area (Å²) in [5, 5.41) is 11.6. The van der Waals surface area contributed by atoms with Crippen molar-refractivity contribution in [2.45, 2.75) is 33.2 Å². The molecule has 9 nitrogen and oxygen atoms in total. The van der Waals surface area contributed by atoms with Crippen molar-refractivity contribution in [1.29, 1.82) is 0 Å².